The summed E-state index contributed by atoms with van der Waals surface area (Å²) >= 11 is 0. The molecule has 1 aromatic rings. The van der Waals surface area contributed by atoms with Crippen molar-refractivity contribution in [2.45, 2.75) is 26.4 Å². The van der Waals surface area contributed by atoms with Crippen LogP contribution in [0.25, 0.3) is 0 Å². The van der Waals surface area contributed by atoms with Gasteiger partial charge in [-0.3, -0.25) is 0 Å². The van der Waals surface area contributed by atoms with Crippen molar-refractivity contribution in [2.75, 3.05) is 25.1 Å². The topological polar surface area (TPSA) is 38.2 Å². The van der Waals surface area contributed by atoms with Crippen molar-refractivity contribution < 1.29 is 4.74 Å². The molecule has 2 atom stereocenters. The average Bonchev–Trinajstić information content (AvgIpc) is 2.82. The van der Waals surface area contributed by atoms with Crippen LogP contribution in [0.2, 0.25) is 0 Å². The molecule has 0 N–H and O–H groups in total. The van der Waals surface area contributed by atoms with Gasteiger partial charge in [0.15, 0.2) is 5.82 Å². The molecule has 1 saturated heterocycles. The Hall–Kier alpha value is -1.42. The van der Waals surface area contributed by atoms with Crippen LogP contribution in [0, 0.1) is 18.8 Å². The highest BCUT2D eigenvalue weighted by atomic mass is 16.5. The van der Waals surface area contributed by atoms with Crippen molar-refractivity contribution in [1.29, 1.82) is 0 Å². The van der Waals surface area contributed by atoms with Crippen LogP contribution in [0.1, 0.15) is 24.4 Å². The molecule has 1 aliphatic carbocycles. The van der Waals surface area contributed by atoms with Crippen molar-refractivity contribution in [3.63, 3.8) is 0 Å². The number of hydrogen-bond donors (Lipinski definition) is 0. The quantitative estimate of drug-likeness (QED) is 0.781. The van der Waals surface area contributed by atoms with Crippen LogP contribution in [-0.2, 0) is 11.3 Å². The first-order valence-corrected chi connectivity index (χ1v) is 6.99. The van der Waals surface area contributed by atoms with Gasteiger partial charge in [0.1, 0.15) is 12.4 Å². The van der Waals surface area contributed by atoms with E-state index in [4.69, 9.17) is 4.74 Å². The van der Waals surface area contributed by atoms with Crippen molar-refractivity contribution >= 4 is 5.82 Å². The standard InChI is InChI=1S/C15H21N3O/c1-11-7-15(17-14(16-11)10-19-2)18-8-12-5-3-4-6-13(12)9-18/h3-4,7,12-13H,5-6,8-10H2,1-2H3. The lowest BCUT2D eigenvalue weighted by atomic mass is 9.86. The van der Waals surface area contributed by atoms with E-state index in [0.29, 0.717) is 6.61 Å². The van der Waals surface area contributed by atoms with E-state index < -0.39 is 0 Å². The van der Waals surface area contributed by atoms with E-state index in [2.05, 4.69) is 33.1 Å². The number of ether oxygens (including phenoxy) is 1. The highest BCUT2D eigenvalue weighted by Crippen LogP contribution is 2.34. The summed E-state index contributed by atoms with van der Waals surface area (Å²) in [5.74, 6) is 3.44. The second-order valence-electron chi connectivity index (χ2n) is 5.58. The van der Waals surface area contributed by atoms with E-state index in [0.717, 1.165) is 42.3 Å². The molecule has 4 nitrogen and oxygen atoms in total. The number of methoxy groups -OCH3 is 1. The Morgan fingerprint density at radius 2 is 1.89 bits per heavy atom. The number of anilines is 1. The zero-order valence-corrected chi connectivity index (χ0v) is 11.7. The Balaban J connectivity index is 1.79. The molecule has 4 heteroatoms. The lowest BCUT2D eigenvalue weighted by molar-refractivity contribution is 0.177. The van der Waals surface area contributed by atoms with Crippen LogP contribution in [0.3, 0.4) is 0 Å². The van der Waals surface area contributed by atoms with Gasteiger partial charge in [-0.1, -0.05) is 12.2 Å². The van der Waals surface area contributed by atoms with Gasteiger partial charge >= 0.3 is 0 Å². The monoisotopic (exact) mass is 259 g/mol. The zero-order chi connectivity index (χ0) is 13.2. The van der Waals surface area contributed by atoms with E-state index in [1.165, 1.54) is 12.8 Å². The van der Waals surface area contributed by atoms with E-state index in [9.17, 15) is 0 Å². The summed E-state index contributed by atoms with van der Waals surface area (Å²) < 4.78 is 5.14. The fourth-order valence-corrected chi connectivity index (χ4v) is 3.17. The van der Waals surface area contributed by atoms with Crippen molar-refractivity contribution in [1.82, 2.24) is 9.97 Å². The van der Waals surface area contributed by atoms with Gasteiger partial charge in [-0.25, -0.2) is 9.97 Å². The molecule has 0 radical (unpaired) electrons. The van der Waals surface area contributed by atoms with E-state index in [1.807, 2.05) is 6.92 Å². The minimum atomic E-state index is 0.483. The van der Waals surface area contributed by atoms with Crippen molar-refractivity contribution in [2.24, 2.45) is 11.8 Å². The molecule has 0 spiro atoms. The lowest BCUT2D eigenvalue weighted by Gasteiger charge is -2.18. The number of nitrogens with zero attached hydrogens (tertiary/aromatic N) is 3. The number of rotatable bonds is 3. The van der Waals surface area contributed by atoms with Crippen molar-refractivity contribution in [3.8, 4) is 0 Å². The molecule has 2 aliphatic rings. The molecule has 0 aromatic carbocycles. The number of fused-ring (bicyclic) bond motifs is 1. The third kappa shape index (κ3) is 2.63. The number of aryl methyl sites for hydroxylation is 1. The molecule has 1 aromatic heterocycles. The lowest BCUT2D eigenvalue weighted by Crippen LogP contribution is -2.22. The summed E-state index contributed by atoms with van der Waals surface area (Å²) in [6.45, 7) is 4.75. The van der Waals surface area contributed by atoms with Crippen molar-refractivity contribution in [3.05, 3.63) is 29.7 Å². The fourth-order valence-electron chi connectivity index (χ4n) is 3.17. The maximum absolute atomic E-state index is 5.14. The third-order valence-corrected chi connectivity index (χ3v) is 4.11. The van der Waals surface area contributed by atoms with Gasteiger partial charge in [0.2, 0.25) is 0 Å². The van der Waals surface area contributed by atoms with Crippen LogP contribution in [0.15, 0.2) is 18.2 Å². The minimum Gasteiger partial charge on any atom is -0.377 e. The second-order valence-corrected chi connectivity index (χ2v) is 5.58. The first-order chi connectivity index (χ1) is 9.26. The molecule has 2 heterocycles. The summed E-state index contributed by atoms with van der Waals surface area (Å²) in [4.78, 5) is 11.5. The summed E-state index contributed by atoms with van der Waals surface area (Å²) in [6.07, 6.45) is 7.09. The summed E-state index contributed by atoms with van der Waals surface area (Å²) in [5.41, 5.74) is 1.02. The average molecular weight is 259 g/mol. The van der Waals surface area contributed by atoms with E-state index >= 15 is 0 Å². The summed E-state index contributed by atoms with van der Waals surface area (Å²) in [6, 6.07) is 2.09. The predicted octanol–water partition coefficient (Wildman–Crippen LogP) is 2.33. The van der Waals surface area contributed by atoms with Crippen LogP contribution in [0.4, 0.5) is 5.82 Å². The van der Waals surface area contributed by atoms with E-state index in [-0.39, 0.29) is 0 Å². The summed E-state index contributed by atoms with van der Waals surface area (Å²) in [7, 11) is 1.68. The molecule has 1 fully saturated rings. The van der Waals surface area contributed by atoms with Crippen LogP contribution >= 0.6 is 0 Å². The molecular weight excluding hydrogens is 238 g/mol. The zero-order valence-electron chi connectivity index (χ0n) is 11.7. The molecule has 0 amide bonds. The van der Waals surface area contributed by atoms with Gasteiger partial charge < -0.3 is 9.64 Å². The Labute approximate surface area is 114 Å². The molecule has 0 bridgehead atoms. The number of allylic oxidation sites excluding steroid dienone is 2. The first-order valence-electron chi connectivity index (χ1n) is 6.99. The van der Waals surface area contributed by atoms with E-state index in [1.54, 1.807) is 7.11 Å². The largest absolute Gasteiger partial charge is 0.377 e. The first kappa shape index (κ1) is 12.6. The predicted molar refractivity (Wildman–Crippen MR) is 75.0 cm³/mol. The second kappa shape index (κ2) is 5.29. The number of aromatic nitrogens is 2. The molecule has 19 heavy (non-hydrogen) atoms. The highest BCUT2D eigenvalue weighted by molar-refractivity contribution is 5.41. The smallest absolute Gasteiger partial charge is 0.156 e. The maximum Gasteiger partial charge on any atom is 0.156 e. The Morgan fingerprint density at radius 1 is 1.21 bits per heavy atom. The van der Waals surface area contributed by atoms with Gasteiger partial charge in [-0.2, -0.15) is 0 Å². The molecule has 3 rings (SSSR count). The Morgan fingerprint density at radius 3 is 2.53 bits per heavy atom. The maximum atomic E-state index is 5.14. The third-order valence-electron chi connectivity index (χ3n) is 4.11. The molecule has 2 unspecified atom stereocenters. The Kier molecular flexibility index (Phi) is 3.51. The van der Waals surface area contributed by atoms with Gasteiger partial charge in [0, 0.05) is 32.0 Å². The van der Waals surface area contributed by atoms with Gasteiger partial charge in [0.05, 0.1) is 0 Å². The molecule has 102 valence electrons. The molecule has 0 saturated carbocycles. The fraction of sp³-hybridized carbons (Fsp3) is 0.600. The van der Waals surface area contributed by atoms with Gasteiger partial charge in [0.25, 0.3) is 0 Å². The summed E-state index contributed by atoms with van der Waals surface area (Å²) in [5, 5.41) is 0. The van der Waals surface area contributed by atoms with Gasteiger partial charge in [-0.15, -0.1) is 0 Å². The Bertz CT molecular complexity index is 470. The SMILES string of the molecule is COCc1nc(C)cc(N2CC3CC=CCC3C2)n1. The molecular formula is C15H21N3O. The van der Waals surface area contributed by atoms with Crippen LogP contribution < -0.4 is 4.90 Å². The molecule has 1 aliphatic heterocycles. The normalized spacial score (nSPS) is 25.7. The minimum absolute atomic E-state index is 0.483. The highest BCUT2D eigenvalue weighted by Gasteiger charge is 2.33. The van der Waals surface area contributed by atoms with Gasteiger partial charge in [-0.05, 0) is 31.6 Å². The van der Waals surface area contributed by atoms with Crippen LogP contribution in [-0.4, -0.2) is 30.2 Å². The number of hydrogen-bond acceptors (Lipinski definition) is 4. The van der Waals surface area contributed by atoms with Crippen LogP contribution in [0.5, 0.6) is 0 Å².